The number of hydrogen-bond donors (Lipinski definition) is 2. The zero-order valence-electron chi connectivity index (χ0n) is 9.61. The second-order valence-electron chi connectivity index (χ2n) is 4.17. The van der Waals surface area contributed by atoms with Crippen molar-refractivity contribution >= 4 is 17.3 Å². The fourth-order valence-electron chi connectivity index (χ4n) is 2.08. The van der Waals surface area contributed by atoms with Crippen LogP contribution in [0.25, 0.3) is 0 Å². The number of amides is 1. The lowest BCUT2D eigenvalue weighted by atomic mass is 10.1. The van der Waals surface area contributed by atoms with Crippen molar-refractivity contribution in [2.45, 2.75) is 6.42 Å². The van der Waals surface area contributed by atoms with Crippen molar-refractivity contribution in [3.63, 3.8) is 0 Å². The van der Waals surface area contributed by atoms with Crippen LogP contribution in [0, 0.1) is 11.7 Å². The average Bonchev–Trinajstić information content (AvgIpc) is 2.70. The first-order valence-corrected chi connectivity index (χ1v) is 5.54. The highest BCUT2D eigenvalue weighted by molar-refractivity contribution is 5.98. The summed E-state index contributed by atoms with van der Waals surface area (Å²) in [4.78, 5) is 13.3. The highest BCUT2D eigenvalue weighted by Crippen LogP contribution is 2.31. The van der Waals surface area contributed by atoms with Crippen molar-refractivity contribution in [3.8, 4) is 0 Å². The monoisotopic (exact) mass is 238 g/mol. The molecule has 1 saturated heterocycles. The molecule has 1 unspecified atom stereocenters. The highest BCUT2D eigenvalue weighted by Gasteiger charge is 2.31. The first kappa shape index (κ1) is 11.9. The van der Waals surface area contributed by atoms with Gasteiger partial charge in [-0.15, -0.1) is 0 Å². The minimum absolute atomic E-state index is 0.0214. The van der Waals surface area contributed by atoms with E-state index in [1.54, 1.807) is 13.1 Å². The van der Waals surface area contributed by atoms with Gasteiger partial charge in [-0.1, -0.05) is 0 Å². The summed E-state index contributed by atoms with van der Waals surface area (Å²) in [5, 5.41) is 12.0. The fraction of sp³-hybridized carbons (Fsp3) is 0.417. The van der Waals surface area contributed by atoms with Crippen molar-refractivity contribution in [1.29, 1.82) is 0 Å². The molecule has 0 spiro atoms. The summed E-state index contributed by atoms with van der Waals surface area (Å²) in [6, 6.07) is 4.28. The molecule has 1 amide bonds. The molecular formula is C12H15FN2O2. The van der Waals surface area contributed by atoms with E-state index in [1.807, 2.05) is 0 Å². The quantitative estimate of drug-likeness (QED) is 0.832. The summed E-state index contributed by atoms with van der Waals surface area (Å²) in [5.41, 5.74) is 1.24. The maximum atomic E-state index is 13.2. The molecule has 0 bridgehead atoms. The van der Waals surface area contributed by atoms with Gasteiger partial charge >= 0.3 is 0 Å². The number of hydrogen-bond acceptors (Lipinski definition) is 3. The molecule has 0 radical (unpaired) electrons. The van der Waals surface area contributed by atoms with Crippen LogP contribution in [-0.4, -0.2) is 31.2 Å². The van der Waals surface area contributed by atoms with Crippen LogP contribution in [-0.2, 0) is 4.79 Å². The van der Waals surface area contributed by atoms with E-state index >= 15 is 0 Å². The molecule has 1 aromatic rings. The van der Waals surface area contributed by atoms with Crippen LogP contribution in [0.1, 0.15) is 6.42 Å². The van der Waals surface area contributed by atoms with Gasteiger partial charge in [-0.25, -0.2) is 4.39 Å². The van der Waals surface area contributed by atoms with E-state index < -0.39 is 0 Å². The number of anilines is 2. The second kappa shape index (κ2) is 4.71. The van der Waals surface area contributed by atoms with Gasteiger partial charge < -0.3 is 15.3 Å². The predicted octanol–water partition coefficient (Wildman–Crippen LogP) is 1.21. The standard InChI is InChI=1S/C12H15FN2O2/c1-14-10-3-2-9(13)5-11(10)15-6-8(7-16)4-12(15)17/h2-3,5,8,14,16H,4,6-7H2,1H3. The molecule has 2 rings (SSSR count). The molecule has 1 atom stereocenters. The Hall–Kier alpha value is -1.62. The number of nitrogens with one attached hydrogen (secondary N) is 1. The number of carbonyl (C=O) groups excluding carboxylic acids is 1. The minimum atomic E-state index is -0.376. The molecule has 0 saturated carbocycles. The van der Waals surface area contributed by atoms with Crippen LogP contribution in [0.4, 0.5) is 15.8 Å². The lowest BCUT2D eigenvalue weighted by Crippen LogP contribution is -2.25. The van der Waals surface area contributed by atoms with Crippen molar-refractivity contribution in [3.05, 3.63) is 24.0 Å². The Labute approximate surface area is 99.0 Å². The normalized spacial score (nSPS) is 19.8. The molecule has 1 heterocycles. The summed E-state index contributed by atoms with van der Waals surface area (Å²) in [6.45, 7) is 0.417. The van der Waals surface area contributed by atoms with Gasteiger partial charge in [0.05, 0.1) is 11.4 Å². The molecule has 1 aliphatic heterocycles. The van der Waals surface area contributed by atoms with Crippen LogP contribution in [0.3, 0.4) is 0 Å². The van der Waals surface area contributed by atoms with Crippen molar-refractivity contribution in [2.75, 3.05) is 30.4 Å². The lowest BCUT2D eigenvalue weighted by molar-refractivity contribution is -0.117. The van der Waals surface area contributed by atoms with Crippen molar-refractivity contribution < 1.29 is 14.3 Å². The van der Waals surface area contributed by atoms with Crippen LogP contribution in [0.5, 0.6) is 0 Å². The highest BCUT2D eigenvalue weighted by atomic mass is 19.1. The third-order valence-corrected chi connectivity index (χ3v) is 2.98. The Morgan fingerprint density at radius 1 is 1.59 bits per heavy atom. The van der Waals surface area contributed by atoms with E-state index in [1.165, 1.54) is 17.0 Å². The molecule has 92 valence electrons. The summed E-state index contributed by atoms with van der Waals surface area (Å²) < 4.78 is 13.2. The minimum Gasteiger partial charge on any atom is -0.396 e. The molecule has 1 aliphatic rings. The van der Waals surface area contributed by atoms with E-state index in [9.17, 15) is 9.18 Å². The molecule has 1 aromatic carbocycles. The van der Waals surface area contributed by atoms with E-state index in [-0.39, 0.29) is 24.2 Å². The molecule has 0 aliphatic carbocycles. The zero-order valence-corrected chi connectivity index (χ0v) is 9.61. The third-order valence-electron chi connectivity index (χ3n) is 2.98. The Bertz CT molecular complexity index is 437. The van der Waals surface area contributed by atoms with Crippen molar-refractivity contribution in [1.82, 2.24) is 0 Å². The zero-order chi connectivity index (χ0) is 12.4. The Balaban J connectivity index is 2.33. The van der Waals surface area contributed by atoms with Gasteiger partial charge in [-0.3, -0.25) is 4.79 Å². The maximum absolute atomic E-state index is 13.2. The molecule has 2 N–H and O–H groups in total. The number of aliphatic hydroxyl groups excluding tert-OH is 1. The van der Waals surface area contributed by atoms with Crippen LogP contribution in [0.15, 0.2) is 18.2 Å². The van der Waals surface area contributed by atoms with E-state index in [0.29, 0.717) is 24.3 Å². The summed E-state index contributed by atoms with van der Waals surface area (Å²) in [7, 11) is 1.72. The predicted molar refractivity (Wildman–Crippen MR) is 63.5 cm³/mol. The number of aliphatic hydroxyl groups is 1. The summed E-state index contributed by atoms with van der Waals surface area (Å²) >= 11 is 0. The fourth-order valence-corrected chi connectivity index (χ4v) is 2.08. The van der Waals surface area contributed by atoms with Gasteiger partial charge in [0.25, 0.3) is 0 Å². The SMILES string of the molecule is CNc1ccc(F)cc1N1CC(CO)CC1=O. The first-order chi connectivity index (χ1) is 8.15. The van der Waals surface area contributed by atoms with Gasteiger partial charge in [0.2, 0.25) is 5.91 Å². The largest absolute Gasteiger partial charge is 0.396 e. The number of carbonyl (C=O) groups is 1. The Kier molecular flexibility index (Phi) is 3.28. The average molecular weight is 238 g/mol. The number of nitrogens with zero attached hydrogens (tertiary/aromatic N) is 1. The summed E-state index contributed by atoms with van der Waals surface area (Å²) in [5.74, 6) is -0.513. The molecular weight excluding hydrogens is 223 g/mol. The lowest BCUT2D eigenvalue weighted by Gasteiger charge is -2.20. The van der Waals surface area contributed by atoms with E-state index in [0.717, 1.165) is 0 Å². The third kappa shape index (κ3) is 2.24. The first-order valence-electron chi connectivity index (χ1n) is 5.54. The Morgan fingerprint density at radius 2 is 2.35 bits per heavy atom. The topological polar surface area (TPSA) is 52.6 Å². The van der Waals surface area contributed by atoms with Gasteiger partial charge in [0.1, 0.15) is 5.82 Å². The maximum Gasteiger partial charge on any atom is 0.227 e. The van der Waals surface area contributed by atoms with Gasteiger partial charge in [-0.05, 0) is 18.2 Å². The smallest absolute Gasteiger partial charge is 0.227 e. The van der Waals surface area contributed by atoms with Gasteiger partial charge in [-0.2, -0.15) is 0 Å². The van der Waals surface area contributed by atoms with Crippen LogP contribution in [0.2, 0.25) is 0 Å². The van der Waals surface area contributed by atoms with Crippen molar-refractivity contribution in [2.24, 2.45) is 5.92 Å². The van der Waals surface area contributed by atoms with Crippen LogP contribution >= 0.6 is 0 Å². The molecule has 0 aromatic heterocycles. The number of benzene rings is 1. The number of rotatable bonds is 3. The number of halogens is 1. The molecule has 4 nitrogen and oxygen atoms in total. The van der Waals surface area contributed by atoms with E-state index in [2.05, 4.69) is 5.32 Å². The van der Waals surface area contributed by atoms with Crippen LogP contribution < -0.4 is 10.2 Å². The van der Waals surface area contributed by atoms with E-state index in [4.69, 9.17) is 5.11 Å². The molecule has 1 fully saturated rings. The summed E-state index contributed by atoms with van der Waals surface area (Å²) in [6.07, 6.45) is 0.316. The Morgan fingerprint density at radius 3 is 2.94 bits per heavy atom. The van der Waals surface area contributed by atoms with Gasteiger partial charge in [0.15, 0.2) is 0 Å². The molecule has 17 heavy (non-hydrogen) atoms. The molecule has 5 heteroatoms. The second-order valence-corrected chi connectivity index (χ2v) is 4.17. The van der Waals surface area contributed by atoms with Gasteiger partial charge in [0, 0.05) is 32.5 Å².